The van der Waals surface area contributed by atoms with Gasteiger partial charge in [0.1, 0.15) is 24.7 Å². The molecule has 3 rings (SSSR count). The fourth-order valence-electron chi connectivity index (χ4n) is 2.52. The monoisotopic (exact) mass is 315 g/mol. The number of piperazine rings is 1. The Bertz CT molecular complexity index is 610. The molecule has 0 saturated carbocycles. The average Bonchev–Trinajstić information content (AvgIpc) is 2.61. The van der Waals surface area contributed by atoms with Gasteiger partial charge in [-0.25, -0.2) is 4.98 Å². The molecule has 1 fully saturated rings. The number of hydrogen-bond donors (Lipinski definition) is 1. The van der Waals surface area contributed by atoms with E-state index >= 15 is 0 Å². The third-order valence-corrected chi connectivity index (χ3v) is 3.74. The molecule has 7 heteroatoms. The van der Waals surface area contributed by atoms with Crippen LogP contribution in [-0.4, -0.2) is 59.7 Å². The van der Waals surface area contributed by atoms with E-state index < -0.39 is 0 Å². The number of nitrogens with zero attached hydrogens (tertiary/aromatic N) is 4. The zero-order valence-electron chi connectivity index (χ0n) is 13.2. The van der Waals surface area contributed by atoms with E-state index in [0.717, 1.165) is 31.1 Å². The number of aromatic nitrogens is 3. The van der Waals surface area contributed by atoms with Crippen LogP contribution < -0.4 is 14.8 Å². The molecule has 122 valence electrons. The first-order valence-corrected chi connectivity index (χ1v) is 7.72. The highest BCUT2D eigenvalue weighted by atomic mass is 16.5. The molecule has 1 aliphatic heterocycles. The molecule has 0 bridgehead atoms. The fourth-order valence-corrected chi connectivity index (χ4v) is 2.52. The van der Waals surface area contributed by atoms with Crippen molar-refractivity contribution in [1.29, 1.82) is 0 Å². The molecule has 1 atom stereocenters. The van der Waals surface area contributed by atoms with Crippen LogP contribution >= 0.6 is 0 Å². The summed E-state index contributed by atoms with van der Waals surface area (Å²) in [5.74, 6) is 1.30. The van der Waals surface area contributed by atoms with E-state index in [-0.39, 0.29) is 6.04 Å². The third kappa shape index (κ3) is 4.14. The number of hydrogen-bond acceptors (Lipinski definition) is 7. The molecule has 7 nitrogen and oxygen atoms in total. The van der Waals surface area contributed by atoms with Crippen molar-refractivity contribution in [3.8, 4) is 11.6 Å². The maximum Gasteiger partial charge on any atom is 0.237 e. The lowest BCUT2D eigenvalue weighted by Crippen LogP contribution is -2.44. The Labute approximate surface area is 135 Å². The van der Waals surface area contributed by atoms with E-state index in [1.54, 1.807) is 24.8 Å². The van der Waals surface area contributed by atoms with Crippen molar-refractivity contribution in [2.75, 3.05) is 39.9 Å². The Morgan fingerprint density at radius 3 is 2.91 bits per heavy atom. The van der Waals surface area contributed by atoms with Gasteiger partial charge in [0.25, 0.3) is 0 Å². The predicted molar refractivity (Wildman–Crippen MR) is 85.5 cm³/mol. The summed E-state index contributed by atoms with van der Waals surface area (Å²) in [5.41, 5.74) is 0.864. The molecule has 1 aliphatic rings. The molecular weight excluding hydrogens is 294 g/mol. The minimum atomic E-state index is 0.173. The summed E-state index contributed by atoms with van der Waals surface area (Å²) in [7, 11) is 2.09. The van der Waals surface area contributed by atoms with Gasteiger partial charge in [-0.15, -0.1) is 0 Å². The highest BCUT2D eigenvalue weighted by Gasteiger charge is 2.25. The van der Waals surface area contributed by atoms with Crippen LogP contribution in [0.3, 0.4) is 0 Å². The van der Waals surface area contributed by atoms with Crippen LogP contribution in [0.4, 0.5) is 0 Å². The Hall–Kier alpha value is -2.25. The topological polar surface area (TPSA) is 72.4 Å². The number of ether oxygens (including phenoxy) is 2. The molecule has 23 heavy (non-hydrogen) atoms. The van der Waals surface area contributed by atoms with Crippen molar-refractivity contribution >= 4 is 0 Å². The molecule has 0 aliphatic carbocycles. The molecule has 3 heterocycles. The molecule has 1 saturated heterocycles. The number of rotatable bonds is 6. The van der Waals surface area contributed by atoms with Crippen molar-refractivity contribution in [2.45, 2.75) is 6.04 Å². The van der Waals surface area contributed by atoms with Crippen molar-refractivity contribution < 1.29 is 9.47 Å². The van der Waals surface area contributed by atoms with Gasteiger partial charge in [0, 0.05) is 38.2 Å². The Kier molecular flexibility index (Phi) is 5.33. The van der Waals surface area contributed by atoms with Crippen LogP contribution in [0.25, 0.3) is 0 Å². The second-order valence-corrected chi connectivity index (χ2v) is 5.33. The second-order valence-electron chi connectivity index (χ2n) is 5.33. The molecule has 2 aromatic heterocycles. The summed E-state index contributed by atoms with van der Waals surface area (Å²) in [6, 6.07) is 3.87. The van der Waals surface area contributed by atoms with Gasteiger partial charge >= 0.3 is 0 Å². The molecule has 2 aromatic rings. The van der Waals surface area contributed by atoms with E-state index in [2.05, 4.69) is 32.2 Å². The van der Waals surface area contributed by atoms with Crippen LogP contribution in [0.15, 0.2) is 36.9 Å². The van der Waals surface area contributed by atoms with Crippen molar-refractivity contribution in [2.24, 2.45) is 0 Å². The maximum absolute atomic E-state index is 5.79. The smallest absolute Gasteiger partial charge is 0.237 e. The molecule has 0 aromatic carbocycles. The predicted octanol–water partition coefficient (Wildman–Crippen LogP) is 0.905. The van der Waals surface area contributed by atoms with Gasteiger partial charge in [0.05, 0.1) is 12.2 Å². The van der Waals surface area contributed by atoms with Crippen molar-refractivity contribution in [3.05, 3.63) is 42.6 Å². The first-order chi connectivity index (χ1) is 11.3. The summed E-state index contributed by atoms with van der Waals surface area (Å²) in [5, 5.41) is 3.38. The number of nitrogens with one attached hydrogen (secondary N) is 1. The van der Waals surface area contributed by atoms with Gasteiger partial charge in [0.15, 0.2) is 0 Å². The number of likely N-dealkylation sites (N-methyl/N-ethyl adjacent to an activating group) is 1. The van der Waals surface area contributed by atoms with Crippen LogP contribution in [-0.2, 0) is 0 Å². The summed E-state index contributed by atoms with van der Waals surface area (Å²) in [4.78, 5) is 15.1. The SMILES string of the molecule is CN1CCNC[C@@H]1c1nccnc1OCCOc1cccnc1. The van der Waals surface area contributed by atoms with E-state index in [0.29, 0.717) is 19.1 Å². The zero-order valence-corrected chi connectivity index (χ0v) is 13.2. The molecule has 0 radical (unpaired) electrons. The van der Waals surface area contributed by atoms with Crippen LogP contribution in [0.5, 0.6) is 11.6 Å². The first-order valence-electron chi connectivity index (χ1n) is 7.72. The van der Waals surface area contributed by atoms with Crippen molar-refractivity contribution in [3.63, 3.8) is 0 Å². The molecule has 0 amide bonds. The van der Waals surface area contributed by atoms with Gasteiger partial charge in [-0.2, -0.15) is 0 Å². The van der Waals surface area contributed by atoms with E-state index in [9.17, 15) is 0 Å². The molecular formula is C16H21N5O2. The lowest BCUT2D eigenvalue weighted by Gasteiger charge is -2.32. The van der Waals surface area contributed by atoms with Gasteiger partial charge in [0.2, 0.25) is 5.88 Å². The van der Waals surface area contributed by atoms with Gasteiger partial charge in [-0.3, -0.25) is 14.9 Å². The Balaban J connectivity index is 1.57. The summed E-state index contributed by atoms with van der Waals surface area (Å²) >= 11 is 0. The zero-order chi connectivity index (χ0) is 15.9. The molecule has 0 spiro atoms. The first kappa shape index (κ1) is 15.6. The minimum absolute atomic E-state index is 0.173. The van der Waals surface area contributed by atoms with E-state index in [1.165, 1.54) is 0 Å². The lowest BCUT2D eigenvalue weighted by atomic mass is 10.1. The summed E-state index contributed by atoms with van der Waals surface area (Å²) < 4.78 is 11.4. The third-order valence-electron chi connectivity index (χ3n) is 3.74. The van der Waals surface area contributed by atoms with Crippen LogP contribution in [0.1, 0.15) is 11.7 Å². The van der Waals surface area contributed by atoms with Gasteiger partial charge in [-0.1, -0.05) is 0 Å². The highest BCUT2D eigenvalue weighted by Crippen LogP contribution is 2.25. The Morgan fingerprint density at radius 1 is 1.22 bits per heavy atom. The largest absolute Gasteiger partial charge is 0.488 e. The average molecular weight is 315 g/mol. The lowest BCUT2D eigenvalue weighted by molar-refractivity contribution is 0.179. The summed E-state index contributed by atoms with van der Waals surface area (Å²) in [6.07, 6.45) is 6.74. The highest BCUT2D eigenvalue weighted by molar-refractivity contribution is 5.22. The maximum atomic E-state index is 5.79. The molecule has 0 unspecified atom stereocenters. The van der Waals surface area contributed by atoms with Crippen molar-refractivity contribution in [1.82, 2.24) is 25.2 Å². The van der Waals surface area contributed by atoms with E-state index in [1.807, 2.05) is 12.1 Å². The Morgan fingerprint density at radius 2 is 2.09 bits per heavy atom. The normalized spacial score (nSPS) is 18.6. The van der Waals surface area contributed by atoms with Crippen LogP contribution in [0.2, 0.25) is 0 Å². The van der Waals surface area contributed by atoms with Crippen LogP contribution in [0, 0.1) is 0 Å². The van der Waals surface area contributed by atoms with Gasteiger partial charge in [-0.05, 0) is 19.2 Å². The number of pyridine rings is 1. The standard InChI is InChI=1S/C16H21N5O2/c1-21-8-7-18-12-14(21)15-16(20-6-5-19-15)23-10-9-22-13-3-2-4-17-11-13/h2-6,11,14,18H,7-10,12H2,1H3/t14-/m1/s1. The summed E-state index contributed by atoms with van der Waals surface area (Å²) in [6.45, 7) is 3.65. The quantitative estimate of drug-likeness (QED) is 0.794. The molecule has 1 N–H and O–H groups in total. The second kappa shape index (κ2) is 7.85. The minimum Gasteiger partial charge on any atom is -0.488 e. The fraction of sp³-hybridized carbons (Fsp3) is 0.438. The van der Waals surface area contributed by atoms with E-state index in [4.69, 9.17) is 9.47 Å². The van der Waals surface area contributed by atoms with Gasteiger partial charge < -0.3 is 14.8 Å².